The van der Waals surface area contributed by atoms with Crippen molar-refractivity contribution in [1.29, 1.82) is 0 Å². The van der Waals surface area contributed by atoms with Crippen molar-refractivity contribution in [2.45, 2.75) is 19.3 Å². The van der Waals surface area contributed by atoms with E-state index in [9.17, 15) is 9.90 Å². The maximum absolute atomic E-state index is 10.9. The summed E-state index contributed by atoms with van der Waals surface area (Å²) in [4.78, 5) is 10.9. The third-order valence-corrected chi connectivity index (χ3v) is 2.23. The number of carboxylic acids is 1. The Labute approximate surface area is 81.4 Å². The van der Waals surface area contributed by atoms with Gasteiger partial charge >= 0.3 is 5.97 Å². The molecule has 3 N–H and O–H groups in total. The molecule has 0 radical (unpaired) electrons. The van der Waals surface area contributed by atoms with Gasteiger partial charge in [0.2, 0.25) is 0 Å². The highest BCUT2D eigenvalue weighted by Gasteiger charge is 2.29. The van der Waals surface area contributed by atoms with Crippen LogP contribution in [0.3, 0.4) is 0 Å². The summed E-state index contributed by atoms with van der Waals surface area (Å²) >= 11 is 0. The van der Waals surface area contributed by atoms with Gasteiger partial charge in [-0.25, -0.2) is 0 Å². The van der Waals surface area contributed by atoms with Crippen LogP contribution in [-0.4, -0.2) is 21.3 Å². The maximum Gasteiger partial charge on any atom is 0.313 e. The first-order valence-corrected chi connectivity index (χ1v) is 4.11. The van der Waals surface area contributed by atoms with E-state index < -0.39 is 11.4 Å². The molecule has 0 aromatic heterocycles. The Kier molecular flexibility index (Phi) is 2.38. The smallest absolute Gasteiger partial charge is 0.313 e. The van der Waals surface area contributed by atoms with Gasteiger partial charge in [-0.2, -0.15) is 0 Å². The number of carbonyl (C=O) groups is 1. The van der Waals surface area contributed by atoms with E-state index in [0.29, 0.717) is 5.56 Å². The van der Waals surface area contributed by atoms with Crippen LogP contribution < -0.4 is 0 Å². The van der Waals surface area contributed by atoms with E-state index in [1.54, 1.807) is 0 Å². The van der Waals surface area contributed by atoms with Gasteiger partial charge in [-0.1, -0.05) is 6.07 Å². The average molecular weight is 196 g/mol. The molecule has 0 aliphatic carbocycles. The van der Waals surface area contributed by atoms with Crippen LogP contribution in [0.25, 0.3) is 0 Å². The van der Waals surface area contributed by atoms with E-state index in [2.05, 4.69) is 0 Å². The molecule has 0 saturated carbocycles. The van der Waals surface area contributed by atoms with Gasteiger partial charge < -0.3 is 15.3 Å². The number of carboxylic acid groups (broad SMARTS) is 1. The highest BCUT2D eigenvalue weighted by molar-refractivity contribution is 5.80. The van der Waals surface area contributed by atoms with Gasteiger partial charge in [0.1, 0.15) is 0 Å². The molecule has 0 atom stereocenters. The van der Waals surface area contributed by atoms with Crippen molar-refractivity contribution < 1.29 is 20.1 Å². The van der Waals surface area contributed by atoms with Crippen LogP contribution >= 0.6 is 0 Å². The van der Waals surface area contributed by atoms with Gasteiger partial charge in [0.05, 0.1) is 5.41 Å². The van der Waals surface area contributed by atoms with Crippen molar-refractivity contribution >= 4 is 5.97 Å². The summed E-state index contributed by atoms with van der Waals surface area (Å²) in [5.74, 6) is -1.55. The summed E-state index contributed by atoms with van der Waals surface area (Å²) in [6, 6.07) is 4.00. The SMILES string of the molecule is CC(C)(C(=O)O)c1ccc(O)c(O)c1. The van der Waals surface area contributed by atoms with Crippen LogP contribution in [-0.2, 0) is 10.2 Å². The summed E-state index contributed by atoms with van der Waals surface area (Å²) in [7, 11) is 0. The van der Waals surface area contributed by atoms with Gasteiger partial charge in [0.15, 0.2) is 11.5 Å². The molecular weight excluding hydrogens is 184 g/mol. The number of phenolic OH excluding ortho intramolecular Hbond substituents is 2. The monoisotopic (exact) mass is 196 g/mol. The Morgan fingerprint density at radius 3 is 2.21 bits per heavy atom. The highest BCUT2D eigenvalue weighted by Crippen LogP contribution is 2.31. The second-order valence-electron chi connectivity index (χ2n) is 3.63. The van der Waals surface area contributed by atoms with Crippen molar-refractivity contribution in [2.75, 3.05) is 0 Å². The fourth-order valence-electron chi connectivity index (χ4n) is 1.04. The minimum Gasteiger partial charge on any atom is -0.504 e. The van der Waals surface area contributed by atoms with Gasteiger partial charge in [0, 0.05) is 0 Å². The van der Waals surface area contributed by atoms with Crippen LogP contribution in [0, 0.1) is 0 Å². The summed E-state index contributed by atoms with van der Waals surface area (Å²) in [5, 5.41) is 27.2. The molecule has 0 spiro atoms. The Bertz CT molecular complexity index is 368. The minimum atomic E-state index is -1.08. The molecule has 76 valence electrons. The minimum absolute atomic E-state index is 0.255. The number of rotatable bonds is 2. The topological polar surface area (TPSA) is 77.8 Å². The molecule has 0 aliphatic rings. The molecule has 0 amide bonds. The second-order valence-corrected chi connectivity index (χ2v) is 3.63. The zero-order chi connectivity index (χ0) is 10.9. The first kappa shape index (κ1) is 10.4. The fourth-order valence-corrected chi connectivity index (χ4v) is 1.04. The summed E-state index contributed by atoms with van der Waals surface area (Å²) in [6.07, 6.45) is 0. The quantitative estimate of drug-likeness (QED) is 0.626. The zero-order valence-corrected chi connectivity index (χ0v) is 7.98. The van der Waals surface area contributed by atoms with Crippen LogP contribution in [0.5, 0.6) is 11.5 Å². The lowest BCUT2D eigenvalue weighted by molar-refractivity contribution is -0.142. The first-order valence-electron chi connectivity index (χ1n) is 4.11. The van der Waals surface area contributed by atoms with E-state index in [1.807, 2.05) is 0 Å². The first-order chi connectivity index (χ1) is 6.35. The standard InChI is InChI=1S/C10H12O4/c1-10(2,9(13)14)6-3-4-7(11)8(12)5-6/h3-5,11-12H,1-2H3,(H,13,14). The molecule has 1 aromatic rings. The second kappa shape index (κ2) is 3.21. The summed E-state index contributed by atoms with van der Waals surface area (Å²) < 4.78 is 0. The van der Waals surface area contributed by atoms with E-state index in [1.165, 1.54) is 32.0 Å². The molecule has 0 aliphatic heterocycles. The number of benzene rings is 1. The molecule has 0 fully saturated rings. The van der Waals surface area contributed by atoms with E-state index in [4.69, 9.17) is 10.2 Å². The van der Waals surface area contributed by atoms with Crippen molar-refractivity contribution in [3.8, 4) is 11.5 Å². The number of aliphatic carboxylic acids is 1. The number of phenols is 2. The van der Waals surface area contributed by atoms with Crippen molar-refractivity contribution in [3.63, 3.8) is 0 Å². The molecule has 1 aromatic carbocycles. The Hall–Kier alpha value is -1.71. The number of hydrogen-bond acceptors (Lipinski definition) is 3. The van der Waals surface area contributed by atoms with Crippen LogP contribution in [0.2, 0.25) is 0 Å². The molecule has 4 nitrogen and oxygen atoms in total. The molecule has 0 bridgehead atoms. The summed E-state index contributed by atoms with van der Waals surface area (Å²) in [5.41, 5.74) is -0.633. The van der Waals surface area contributed by atoms with Crippen molar-refractivity contribution in [3.05, 3.63) is 23.8 Å². The van der Waals surface area contributed by atoms with Crippen LogP contribution in [0.15, 0.2) is 18.2 Å². The molecule has 1 rings (SSSR count). The lowest BCUT2D eigenvalue weighted by Crippen LogP contribution is -2.28. The predicted octanol–water partition coefficient (Wildman–Crippen LogP) is 1.46. The summed E-state index contributed by atoms with van der Waals surface area (Å²) in [6.45, 7) is 3.06. The third-order valence-electron chi connectivity index (χ3n) is 2.23. The Balaban J connectivity index is 3.21. The predicted molar refractivity (Wildman–Crippen MR) is 50.4 cm³/mol. The average Bonchev–Trinajstić information content (AvgIpc) is 2.09. The van der Waals surface area contributed by atoms with E-state index >= 15 is 0 Å². The van der Waals surface area contributed by atoms with Gasteiger partial charge in [0.25, 0.3) is 0 Å². The van der Waals surface area contributed by atoms with Gasteiger partial charge in [-0.05, 0) is 31.5 Å². The van der Waals surface area contributed by atoms with Crippen molar-refractivity contribution in [1.82, 2.24) is 0 Å². The molecule has 14 heavy (non-hydrogen) atoms. The lowest BCUT2D eigenvalue weighted by atomic mass is 9.85. The maximum atomic E-state index is 10.9. The van der Waals surface area contributed by atoms with Crippen molar-refractivity contribution in [2.24, 2.45) is 0 Å². The Morgan fingerprint density at radius 2 is 1.79 bits per heavy atom. The molecule has 0 unspecified atom stereocenters. The van der Waals surface area contributed by atoms with Gasteiger partial charge in [-0.3, -0.25) is 4.79 Å². The normalized spacial score (nSPS) is 11.3. The largest absolute Gasteiger partial charge is 0.504 e. The third kappa shape index (κ3) is 1.64. The fraction of sp³-hybridized carbons (Fsp3) is 0.300. The number of aromatic hydroxyl groups is 2. The molecule has 0 saturated heterocycles. The van der Waals surface area contributed by atoms with Gasteiger partial charge in [-0.15, -0.1) is 0 Å². The number of hydrogen-bond donors (Lipinski definition) is 3. The Morgan fingerprint density at radius 1 is 1.21 bits per heavy atom. The molecule has 4 heteroatoms. The van der Waals surface area contributed by atoms with Crippen LogP contribution in [0.1, 0.15) is 19.4 Å². The molecular formula is C10H12O4. The van der Waals surface area contributed by atoms with E-state index in [0.717, 1.165) is 0 Å². The van der Waals surface area contributed by atoms with Crippen LogP contribution in [0.4, 0.5) is 0 Å². The lowest BCUT2D eigenvalue weighted by Gasteiger charge is -2.19. The van der Waals surface area contributed by atoms with E-state index in [-0.39, 0.29) is 11.5 Å². The highest BCUT2D eigenvalue weighted by atomic mass is 16.4. The zero-order valence-electron chi connectivity index (χ0n) is 7.98. The molecule has 0 heterocycles.